The number of carbonyl (C=O) groups excluding carboxylic acids is 1. The zero-order chi connectivity index (χ0) is 16.9. The second-order valence-electron chi connectivity index (χ2n) is 6.24. The van der Waals surface area contributed by atoms with E-state index in [-0.39, 0.29) is 18.4 Å². The Morgan fingerprint density at radius 1 is 1.12 bits per heavy atom. The molecule has 0 unspecified atom stereocenters. The number of carbonyl (C=O) groups is 1. The Morgan fingerprint density at radius 3 is 2.58 bits per heavy atom. The van der Waals surface area contributed by atoms with E-state index in [2.05, 4.69) is 24.6 Å². The van der Waals surface area contributed by atoms with Gasteiger partial charge in [-0.25, -0.2) is 0 Å². The third kappa shape index (κ3) is 3.81. The molecule has 1 aromatic heterocycles. The summed E-state index contributed by atoms with van der Waals surface area (Å²) < 4.78 is 5.27. The molecule has 3 aromatic rings. The van der Waals surface area contributed by atoms with Crippen LogP contribution >= 0.6 is 0 Å². The van der Waals surface area contributed by atoms with Gasteiger partial charge in [-0.15, -0.1) is 0 Å². The van der Waals surface area contributed by atoms with Crippen LogP contribution in [-0.2, 0) is 11.2 Å². The first-order valence-corrected chi connectivity index (χ1v) is 8.10. The first-order valence-electron chi connectivity index (χ1n) is 8.10. The van der Waals surface area contributed by atoms with Gasteiger partial charge in [0.25, 0.3) is 0 Å². The molecule has 0 spiro atoms. The first-order chi connectivity index (χ1) is 11.6. The van der Waals surface area contributed by atoms with Crippen LogP contribution < -0.4 is 10.2 Å². The number of para-hydroxylation sites is 1. The molecule has 0 radical (unpaired) electrons. The summed E-state index contributed by atoms with van der Waals surface area (Å²) >= 11 is 0. The quantitative estimate of drug-likeness (QED) is 0.720. The van der Waals surface area contributed by atoms with E-state index in [9.17, 15) is 4.79 Å². The maximum atomic E-state index is 12.5. The van der Waals surface area contributed by atoms with E-state index in [4.69, 9.17) is 4.52 Å². The van der Waals surface area contributed by atoms with E-state index < -0.39 is 0 Å². The maximum absolute atomic E-state index is 12.5. The molecule has 0 fully saturated rings. The van der Waals surface area contributed by atoms with Gasteiger partial charge >= 0.3 is 0 Å². The Labute approximate surface area is 141 Å². The first kappa shape index (κ1) is 16.2. The molecular weight excluding hydrogens is 302 g/mol. The van der Waals surface area contributed by atoms with Gasteiger partial charge in [-0.1, -0.05) is 47.6 Å². The zero-order valence-electron chi connectivity index (χ0n) is 14.0. The molecule has 1 heterocycles. The number of nitrogens with zero attached hydrogens (tertiary/aromatic N) is 1. The molecule has 0 bridgehead atoms. The molecule has 0 aliphatic carbocycles. The predicted molar refractivity (Wildman–Crippen MR) is 92.7 cm³/mol. The van der Waals surface area contributed by atoms with Crippen LogP contribution in [0.5, 0.6) is 0 Å². The molecule has 2 aromatic carbocycles. The minimum Gasteiger partial charge on any atom is -0.356 e. The lowest BCUT2D eigenvalue weighted by atomic mass is 10.1. The topological polar surface area (TPSA) is 59.6 Å². The highest BCUT2D eigenvalue weighted by molar-refractivity contribution is 5.86. The summed E-state index contributed by atoms with van der Waals surface area (Å²) in [5, 5.41) is 8.05. The number of benzene rings is 2. The summed E-state index contributed by atoms with van der Waals surface area (Å²) in [4.78, 5) is 13.8. The van der Waals surface area contributed by atoms with Crippen molar-refractivity contribution in [2.24, 2.45) is 0 Å². The van der Waals surface area contributed by atoms with Crippen LogP contribution in [0, 0.1) is 0 Å². The summed E-state index contributed by atoms with van der Waals surface area (Å²) in [6, 6.07) is 17.6. The van der Waals surface area contributed by atoms with Crippen molar-refractivity contribution >= 4 is 16.9 Å². The van der Waals surface area contributed by atoms with Gasteiger partial charge in [0.05, 0.1) is 20.5 Å². The van der Waals surface area contributed by atoms with Crippen molar-refractivity contribution in [1.29, 1.82) is 0 Å². The third-order valence-electron chi connectivity index (χ3n) is 3.93. The summed E-state index contributed by atoms with van der Waals surface area (Å²) in [5.74, 6) is -0.0517. The number of hydrogen-bond acceptors (Lipinski definition) is 3. The highest BCUT2D eigenvalue weighted by atomic mass is 16.5. The lowest BCUT2D eigenvalue weighted by Crippen LogP contribution is -3.06. The van der Waals surface area contributed by atoms with Crippen molar-refractivity contribution in [3.05, 3.63) is 65.9 Å². The van der Waals surface area contributed by atoms with Crippen LogP contribution in [0.25, 0.3) is 11.0 Å². The average Bonchev–Trinajstić information content (AvgIpc) is 2.98. The summed E-state index contributed by atoms with van der Waals surface area (Å²) in [7, 11) is 4.15. The molecule has 0 saturated heterocycles. The molecule has 5 nitrogen and oxygen atoms in total. The van der Waals surface area contributed by atoms with E-state index in [0.717, 1.165) is 17.5 Å². The number of quaternary nitrogens is 1. The van der Waals surface area contributed by atoms with Crippen LogP contribution in [0.1, 0.15) is 17.3 Å². The number of aromatic nitrogens is 1. The van der Waals surface area contributed by atoms with Crippen molar-refractivity contribution in [3.63, 3.8) is 0 Å². The number of amides is 1. The Balaban J connectivity index is 1.73. The molecule has 0 aliphatic rings. The fraction of sp³-hybridized carbons (Fsp3) is 0.263. The lowest BCUT2D eigenvalue weighted by molar-refractivity contribution is -0.860. The minimum atomic E-state index is -0.0517. The van der Waals surface area contributed by atoms with E-state index in [0.29, 0.717) is 11.3 Å². The van der Waals surface area contributed by atoms with E-state index in [1.165, 1.54) is 4.90 Å². The van der Waals surface area contributed by atoms with Gasteiger partial charge in [0.1, 0.15) is 18.3 Å². The Hall–Kier alpha value is -2.66. The van der Waals surface area contributed by atoms with Gasteiger partial charge in [-0.2, -0.15) is 0 Å². The van der Waals surface area contributed by atoms with Gasteiger partial charge in [0.2, 0.25) is 5.91 Å². The van der Waals surface area contributed by atoms with Crippen LogP contribution in [0.3, 0.4) is 0 Å². The normalized spacial score (nSPS) is 12.5. The summed E-state index contributed by atoms with van der Waals surface area (Å²) in [6.07, 6.45) is 0.211. The molecular formula is C19H22N3O2+. The van der Waals surface area contributed by atoms with E-state index in [1.54, 1.807) is 0 Å². The van der Waals surface area contributed by atoms with Crippen LogP contribution in [0.4, 0.5) is 0 Å². The third-order valence-corrected chi connectivity index (χ3v) is 3.93. The largest absolute Gasteiger partial charge is 0.356 e. The van der Waals surface area contributed by atoms with Gasteiger partial charge in [-0.05, 0) is 17.7 Å². The second kappa shape index (κ2) is 7.27. The molecule has 3 rings (SSSR count). The van der Waals surface area contributed by atoms with Gasteiger partial charge in [-0.3, -0.25) is 4.79 Å². The monoisotopic (exact) mass is 324 g/mol. The second-order valence-corrected chi connectivity index (χ2v) is 6.24. The molecule has 124 valence electrons. The highest BCUT2D eigenvalue weighted by Gasteiger charge is 2.19. The standard InChI is InChI=1S/C19H21N3O2/c1-22(2)13-17(14-8-4-3-5-9-14)20-19(23)12-16-15-10-6-7-11-18(15)24-21-16/h3-11,17H,12-13H2,1-2H3,(H,20,23)/p+1/t17-/m1/s1. The molecule has 24 heavy (non-hydrogen) atoms. The number of likely N-dealkylation sites (N-methyl/N-ethyl adjacent to an activating group) is 1. The predicted octanol–water partition coefficient (Wildman–Crippen LogP) is 1.37. The van der Waals surface area contributed by atoms with Gasteiger partial charge < -0.3 is 14.7 Å². The number of hydrogen-bond donors (Lipinski definition) is 2. The number of nitrogens with one attached hydrogen (secondary N) is 2. The molecule has 2 N–H and O–H groups in total. The van der Waals surface area contributed by atoms with Gasteiger partial charge in [0.15, 0.2) is 5.58 Å². The molecule has 0 saturated carbocycles. The fourth-order valence-corrected chi connectivity index (χ4v) is 2.81. The summed E-state index contributed by atoms with van der Waals surface area (Å²) in [6.45, 7) is 0.815. The fourth-order valence-electron chi connectivity index (χ4n) is 2.81. The Kier molecular flexibility index (Phi) is 4.91. The van der Waals surface area contributed by atoms with Crippen molar-refractivity contribution < 1.29 is 14.2 Å². The van der Waals surface area contributed by atoms with Crippen molar-refractivity contribution in [1.82, 2.24) is 10.5 Å². The molecule has 0 aliphatic heterocycles. The molecule has 5 heteroatoms. The van der Waals surface area contributed by atoms with E-state index >= 15 is 0 Å². The van der Waals surface area contributed by atoms with Crippen molar-refractivity contribution in [3.8, 4) is 0 Å². The highest BCUT2D eigenvalue weighted by Crippen LogP contribution is 2.18. The lowest BCUT2D eigenvalue weighted by Gasteiger charge is -2.20. The SMILES string of the molecule is C[NH+](C)C[C@@H](NC(=O)Cc1noc2ccccc12)c1ccccc1. The van der Waals surface area contributed by atoms with E-state index in [1.807, 2.05) is 54.6 Å². The minimum absolute atomic E-state index is 0.0261. The van der Waals surface area contributed by atoms with Crippen LogP contribution in [0.15, 0.2) is 59.1 Å². The zero-order valence-corrected chi connectivity index (χ0v) is 14.0. The van der Waals surface area contributed by atoms with Crippen LogP contribution in [0.2, 0.25) is 0 Å². The maximum Gasteiger partial charge on any atom is 0.226 e. The Bertz CT molecular complexity index is 812. The molecule has 1 atom stereocenters. The number of fused-ring (bicyclic) bond motifs is 1. The van der Waals surface area contributed by atoms with Crippen molar-refractivity contribution in [2.45, 2.75) is 12.5 Å². The number of rotatable bonds is 6. The van der Waals surface area contributed by atoms with Crippen molar-refractivity contribution in [2.75, 3.05) is 20.6 Å². The Morgan fingerprint density at radius 2 is 1.83 bits per heavy atom. The average molecular weight is 324 g/mol. The smallest absolute Gasteiger partial charge is 0.226 e. The summed E-state index contributed by atoms with van der Waals surface area (Å²) in [5.41, 5.74) is 2.49. The molecule has 1 amide bonds. The van der Waals surface area contributed by atoms with Crippen LogP contribution in [-0.4, -0.2) is 31.7 Å². The van der Waals surface area contributed by atoms with Gasteiger partial charge in [0, 0.05) is 5.39 Å².